The predicted octanol–water partition coefficient (Wildman–Crippen LogP) is 4.05. The molecule has 0 spiro atoms. The molecule has 1 aliphatic carbocycles. The molecule has 3 nitrogen and oxygen atoms in total. The molecular formula is C16H18ClN3. The fraction of sp³-hybridized carbons (Fsp3) is 0.375. The highest BCUT2D eigenvalue weighted by Gasteiger charge is 2.27. The second-order valence-electron chi connectivity index (χ2n) is 5.44. The van der Waals surface area contributed by atoms with Crippen molar-refractivity contribution < 1.29 is 0 Å². The molecule has 1 aliphatic rings. The van der Waals surface area contributed by atoms with E-state index in [-0.39, 0.29) is 0 Å². The lowest BCUT2D eigenvalue weighted by Crippen LogP contribution is -2.19. The smallest absolute Gasteiger partial charge is 0.135 e. The SMILES string of the molecule is CC(Cc1ccccc1)Nc1cc(Cl)nc(C2CC2)n1. The summed E-state index contributed by atoms with van der Waals surface area (Å²) < 4.78 is 0. The largest absolute Gasteiger partial charge is 0.367 e. The summed E-state index contributed by atoms with van der Waals surface area (Å²) in [6.07, 6.45) is 3.32. The van der Waals surface area contributed by atoms with Gasteiger partial charge in [-0.25, -0.2) is 9.97 Å². The highest BCUT2D eigenvalue weighted by atomic mass is 35.5. The van der Waals surface area contributed by atoms with E-state index in [0.29, 0.717) is 17.1 Å². The molecule has 1 fully saturated rings. The highest BCUT2D eigenvalue weighted by Crippen LogP contribution is 2.38. The summed E-state index contributed by atoms with van der Waals surface area (Å²) in [5, 5.41) is 3.94. The lowest BCUT2D eigenvalue weighted by atomic mass is 10.1. The van der Waals surface area contributed by atoms with Crippen LogP contribution in [0.1, 0.15) is 37.1 Å². The molecule has 1 aromatic carbocycles. The van der Waals surface area contributed by atoms with Crippen LogP contribution in [0, 0.1) is 0 Å². The van der Waals surface area contributed by atoms with E-state index in [9.17, 15) is 0 Å². The zero-order chi connectivity index (χ0) is 13.9. The zero-order valence-electron chi connectivity index (χ0n) is 11.5. The maximum absolute atomic E-state index is 6.07. The number of aromatic nitrogens is 2. The van der Waals surface area contributed by atoms with E-state index < -0.39 is 0 Å². The Balaban J connectivity index is 1.67. The number of halogens is 1. The predicted molar refractivity (Wildman–Crippen MR) is 82.2 cm³/mol. The minimum atomic E-state index is 0.301. The van der Waals surface area contributed by atoms with Crippen LogP contribution in [0.4, 0.5) is 5.82 Å². The quantitative estimate of drug-likeness (QED) is 0.843. The lowest BCUT2D eigenvalue weighted by Gasteiger charge is -2.15. The molecule has 0 amide bonds. The molecule has 20 heavy (non-hydrogen) atoms. The summed E-state index contributed by atoms with van der Waals surface area (Å²) >= 11 is 6.07. The van der Waals surface area contributed by atoms with Crippen molar-refractivity contribution in [3.63, 3.8) is 0 Å². The van der Waals surface area contributed by atoms with Crippen LogP contribution in [0.15, 0.2) is 36.4 Å². The van der Waals surface area contributed by atoms with E-state index in [1.165, 1.54) is 18.4 Å². The molecule has 0 saturated heterocycles. The van der Waals surface area contributed by atoms with Gasteiger partial charge < -0.3 is 5.32 Å². The first-order chi connectivity index (χ1) is 9.70. The van der Waals surface area contributed by atoms with Gasteiger partial charge in [0.15, 0.2) is 0 Å². The Morgan fingerprint density at radius 3 is 2.70 bits per heavy atom. The van der Waals surface area contributed by atoms with E-state index >= 15 is 0 Å². The van der Waals surface area contributed by atoms with Crippen molar-refractivity contribution in [3.8, 4) is 0 Å². The van der Waals surface area contributed by atoms with Gasteiger partial charge in [0.25, 0.3) is 0 Å². The van der Waals surface area contributed by atoms with E-state index in [0.717, 1.165) is 18.1 Å². The van der Waals surface area contributed by atoms with Crippen LogP contribution in [-0.2, 0) is 6.42 Å². The second-order valence-corrected chi connectivity index (χ2v) is 5.83. The topological polar surface area (TPSA) is 37.8 Å². The fourth-order valence-corrected chi connectivity index (χ4v) is 2.49. The standard InChI is InChI=1S/C16H18ClN3/c1-11(9-12-5-3-2-4-6-12)18-15-10-14(17)19-16(20-15)13-7-8-13/h2-6,10-11,13H,7-9H2,1H3,(H,18,19,20). The van der Waals surface area contributed by atoms with Crippen LogP contribution in [0.25, 0.3) is 0 Å². The first-order valence-corrected chi connectivity index (χ1v) is 7.43. The molecule has 3 rings (SSSR count). The number of hydrogen-bond donors (Lipinski definition) is 1. The van der Waals surface area contributed by atoms with Crippen LogP contribution in [-0.4, -0.2) is 16.0 Å². The minimum absolute atomic E-state index is 0.301. The molecule has 1 saturated carbocycles. The molecule has 0 bridgehead atoms. The third kappa shape index (κ3) is 3.48. The van der Waals surface area contributed by atoms with Crippen molar-refractivity contribution in [1.29, 1.82) is 0 Å². The molecule has 0 aliphatic heterocycles. The average Bonchev–Trinajstić information content (AvgIpc) is 3.23. The van der Waals surface area contributed by atoms with Gasteiger partial charge in [0, 0.05) is 18.0 Å². The maximum atomic E-state index is 6.07. The molecule has 0 radical (unpaired) electrons. The summed E-state index contributed by atoms with van der Waals surface area (Å²) in [5.74, 6) is 2.22. The van der Waals surface area contributed by atoms with Crippen molar-refractivity contribution in [3.05, 3.63) is 52.9 Å². The van der Waals surface area contributed by atoms with Crippen LogP contribution < -0.4 is 5.32 Å². The van der Waals surface area contributed by atoms with Gasteiger partial charge >= 0.3 is 0 Å². The van der Waals surface area contributed by atoms with Crippen molar-refractivity contribution in [1.82, 2.24) is 9.97 Å². The monoisotopic (exact) mass is 287 g/mol. The number of hydrogen-bond acceptors (Lipinski definition) is 3. The zero-order valence-corrected chi connectivity index (χ0v) is 12.3. The molecule has 1 atom stereocenters. The average molecular weight is 288 g/mol. The van der Waals surface area contributed by atoms with Gasteiger partial charge in [0.2, 0.25) is 0 Å². The Bertz CT molecular complexity index is 582. The van der Waals surface area contributed by atoms with Crippen molar-refractivity contribution in [2.24, 2.45) is 0 Å². The number of benzene rings is 1. The molecule has 4 heteroatoms. The van der Waals surface area contributed by atoms with Crippen LogP contribution in [0.2, 0.25) is 5.15 Å². The van der Waals surface area contributed by atoms with Gasteiger partial charge in [-0.3, -0.25) is 0 Å². The van der Waals surface area contributed by atoms with Crippen molar-refractivity contribution in [2.45, 2.75) is 38.1 Å². The molecule has 1 N–H and O–H groups in total. The van der Waals surface area contributed by atoms with Crippen LogP contribution in [0.5, 0.6) is 0 Å². The number of nitrogens with zero attached hydrogens (tertiary/aromatic N) is 2. The summed E-state index contributed by atoms with van der Waals surface area (Å²) in [4.78, 5) is 8.87. The molecule has 1 aromatic heterocycles. The van der Waals surface area contributed by atoms with Gasteiger partial charge in [-0.15, -0.1) is 0 Å². The second kappa shape index (κ2) is 5.80. The number of nitrogens with one attached hydrogen (secondary N) is 1. The van der Waals surface area contributed by atoms with E-state index in [1.54, 1.807) is 6.07 Å². The van der Waals surface area contributed by atoms with E-state index in [4.69, 9.17) is 11.6 Å². The fourth-order valence-electron chi connectivity index (χ4n) is 2.30. The third-order valence-electron chi connectivity index (χ3n) is 3.43. The molecule has 104 valence electrons. The van der Waals surface area contributed by atoms with E-state index in [1.807, 2.05) is 6.07 Å². The summed E-state index contributed by atoms with van der Waals surface area (Å²) in [6.45, 7) is 2.15. The lowest BCUT2D eigenvalue weighted by molar-refractivity contribution is 0.779. The van der Waals surface area contributed by atoms with Gasteiger partial charge in [-0.1, -0.05) is 41.9 Å². The summed E-state index contributed by atoms with van der Waals surface area (Å²) in [6, 6.07) is 12.5. The van der Waals surface area contributed by atoms with Crippen molar-refractivity contribution in [2.75, 3.05) is 5.32 Å². The summed E-state index contributed by atoms with van der Waals surface area (Å²) in [7, 11) is 0. The van der Waals surface area contributed by atoms with Gasteiger partial charge in [0.1, 0.15) is 16.8 Å². The third-order valence-corrected chi connectivity index (χ3v) is 3.63. The minimum Gasteiger partial charge on any atom is -0.367 e. The Labute approximate surface area is 124 Å². The van der Waals surface area contributed by atoms with Gasteiger partial charge in [-0.2, -0.15) is 0 Å². The Morgan fingerprint density at radius 2 is 2.00 bits per heavy atom. The van der Waals surface area contributed by atoms with E-state index in [2.05, 4.69) is 46.5 Å². The first-order valence-electron chi connectivity index (χ1n) is 7.05. The maximum Gasteiger partial charge on any atom is 0.135 e. The first kappa shape index (κ1) is 13.4. The molecule has 1 unspecified atom stereocenters. The number of rotatable bonds is 5. The van der Waals surface area contributed by atoms with Crippen LogP contribution in [0.3, 0.4) is 0 Å². The number of anilines is 1. The van der Waals surface area contributed by atoms with Gasteiger partial charge in [-0.05, 0) is 31.7 Å². The Morgan fingerprint density at radius 1 is 1.25 bits per heavy atom. The Hall–Kier alpha value is -1.61. The molecule has 1 heterocycles. The molecule has 2 aromatic rings. The normalized spacial score (nSPS) is 15.9. The Kier molecular flexibility index (Phi) is 3.88. The highest BCUT2D eigenvalue weighted by molar-refractivity contribution is 6.29. The van der Waals surface area contributed by atoms with Gasteiger partial charge in [0.05, 0.1) is 0 Å². The summed E-state index contributed by atoms with van der Waals surface area (Å²) in [5.41, 5.74) is 1.31. The molecular weight excluding hydrogens is 270 g/mol. The van der Waals surface area contributed by atoms with Crippen molar-refractivity contribution >= 4 is 17.4 Å². The van der Waals surface area contributed by atoms with Crippen LogP contribution >= 0.6 is 11.6 Å².